The summed E-state index contributed by atoms with van der Waals surface area (Å²) in [6, 6.07) is 8.75. The summed E-state index contributed by atoms with van der Waals surface area (Å²) in [5.41, 5.74) is 3.78. The van der Waals surface area contributed by atoms with Crippen LogP contribution < -0.4 is 11.1 Å². The number of nitrogens with two attached hydrogens (primary N) is 1. The molecule has 1 amide bonds. The number of hydrogen-bond acceptors (Lipinski definition) is 3. The molecule has 0 spiro atoms. The highest BCUT2D eigenvalue weighted by molar-refractivity contribution is 6.31. The molecule has 4 atom stereocenters. The molecule has 2 aromatic carbocycles. The quantitative estimate of drug-likeness (QED) is 0.660. The van der Waals surface area contributed by atoms with E-state index in [1.165, 1.54) is 30.3 Å². The van der Waals surface area contributed by atoms with Crippen LogP contribution in [0.5, 0.6) is 0 Å². The van der Waals surface area contributed by atoms with Gasteiger partial charge in [-0.25, -0.2) is 8.78 Å². The van der Waals surface area contributed by atoms with Gasteiger partial charge in [0.1, 0.15) is 17.0 Å². The van der Waals surface area contributed by atoms with Crippen LogP contribution in [-0.4, -0.2) is 18.0 Å². The molecule has 1 saturated heterocycles. The number of benzene rings is 2. The molecule has 1 heterocycles. The molecule has 164 valence electrons. The molecule has 0 radical (unpaired) electrons. The predicted octanol–water partition coefficient (Wildman–Crippen LogP) is 5.08. The fraction of sp³-hybridized carbons (Fsp3) is 0.391. The number of hydrogen-bond donors (Lipinski definition) is 2. The van der Waals surface area contributed by atoms with Crippen LogP contribution >= 0.6 is 23.2 Å². The first-order valence-electron chi connectivity index (χ1n) is 9.78. The molecule has 1 fully saturated rings. The van der Waals surface area contributed by atoms with E-state index in [-0.39, 0.29) is 26.6 Å². The Morgan fingerprint density at radius 3 is 2.48 bits per heavy atom. The maximum atomic E-state index is 15.2. The summed E-state index contributed by atoms with van der Waals surface area (Å²) in [4.78, 5) is 12.4. The van der Waals surface area contributed by atoms with Gasteiger partial charge in [-0.1, -0.05) is 62.2 Å². The minimum Gasteiger partial charge on any atom is -0.368 e. The van der Waals surface area contributed by atoms with Crippen molar-refractivity contribution in [3.63, 3.8) is 0 Å². The summed E-state index contributed by atoms with van der Waals surface area (Å²) in [6.07, 6.45) is 0.394. The lowest BCUT2D eigenvalue weighted by Crippen LogP contribution is -2.45. The number of amides is 1. The minimum atomic E-state index is -1.65. The van der Waals surface area contributed by atoms with Crippen LogP contribution in [0.15, 0.2) is 36.4 Å². The predicted molar refractivity (Wildman–Crippen MR) is 117 cm³/mol. The summed E-state index contributed by atoms with van der Waals surface area (Å²) >= 11 is 12.0. The lowest BCUT2D eigenvalue weighted by Gasteiger charge is -2.37. The van der Waals surface area contributed by atoms with Gasteiger partial charge in [0.2, 0.25) is 5.91 Å². The van der Waals surface area contributed by atoms with Crippen molar-refractivity contribution >= 4 is 29.1 Å². The van der Waals surface area contributed by atoms with Crippen molar-refractivity contribution in [2.45, 2.75) is 50.6 Å². The first-order chi connectivity index (χ1) is 14.4. The number of nitriles is 1. The highest BCUT2D eigenvalue weighted by Gasteiger charge is 2.60. The number of primary amides is 1. The highest BCUT2D eigenvalue weighted by Crippen LogP contribution is 2.52. The molecule has 2 aromatic rings. The van der Waals surface area contributed by atoms with Crippen molar-refractivity contribution in [2.75, 3.05) is 0 Å². The normalized spacial score (nSPS) is 25.9. The summed E-state index contributed by atoms with van der Waals surface area (Å²) in [7, 11) is 0. The third-order valence-corrected chi connectivity index (χ3v) is 6.28. The van der Waals surface area contributed by atoms with Crippen molar-refractivity contribution < 1.29 is 13.6 Å². The summed E-state index contributed by atoms with van der Waals surface area (Å²) < 4.78 is 30.4. The maximum absolute atomic E-state index is 15.2. The van der Waals surface area contributed by atoms with Gasteiger partial charge < -0.3 is 11.1 Å². The summed E-state index contributed by atoms with van der Waals surface area (Å²) in [5, 5.41) is 13.6. The Balaban J connectivity index is 2.38. The summed E-state index contributed by atoms with van der Waals surface area (Å²) in [6.45, 7) is 5.88. The zero-order chi connectivity index (χ0) is 23.1. The van der Waals surface area contributed by atoms with E-state index in [1.807, 2.05) is 20.8 Å². The smallest absolute Gasteiger partial charge is 0.235 e. The number of carbonyl (C=O) groups excluding carboxylic acids is 1. The third-order valence-electron chi connectivity index (χ3n) is 5.76. The number of carbonyl (C=O) groups is 1. The Bertz CT molecular complexity index is 1060. The molecule has 31 heavy (non-hydrogen) atoms. The SMILES string of the molecule is CC(C)(C)CC1NC(C(N)=O)C(c2cccc(Cl)c2F)[C@@]1(C#N)c1ccc(Cl)cc1F. The third kappa shape index (κ3) is 4.15. The molecule has 3 N–H and O–H groups in total. The van der Waals surface area contributed by atoms with Gasteiger partial charge in [0.15, 0.2) is 0 Å². The second-order valence-electron chi connectivity index (χ2n) is 9.09. The standard InChI is InChI=1S/C23H23Cl2F2N3O/c1-22(2,3)10-17-23(11-28,14-8-7-12(24)9-16(14)26)18(20(30-17)21(29)31)13-5-4-6-15(25)19(13)27/h4-9,17-18,20,30H,10H2,1-3H3,(H2,29,31)/t17?,18?,20?,23-/m0/s1. The second-order valence-corrected chi connectivity index (χ2v) is 9.93. The van der Waals surface area contributed by atoms with Crippen molar-refractivity contribution in [3.05, 3.63) is 69.2 Å². The number of nitrogens with zero attached hydrogens (tertiary/aromatic N) is 1. The fourth-order valence-corrected chi connectivity index (χ4v) is 4.92. The molecular weight excluding hydrogens is 443 g/mol. The van der Waals surface area contributed by atoms with Crippen LogP contribution in [0.25, 0.3) is 0 Å². The molecule has 3 rings (SSSR count). The topological polar surface area (TPSA) is 78.9 Å². The molecular formula is C23H23Cl2F2N3O. The first-order valence-corrected chi connectivity index (χ1v) is 10.5. The first kappa shape index (κ1) is 23.5. The minimum absolute atomic E-state index is 0.0225. The molecule has 3 unspecified atom stereocenters. The van der Waals surface area contributed by atoms with Crippen LogP contribution in [0, 0.1) is 28.4 Å². The molecule has 0 aliphatic carbocycles. The van der Waals surface area contributed by atoms with Crippen molar-refractivity contribution in [2.24, 2.45) is 11.1 Å². The van der Waals surface area contributed by atoms with Crippen LogP contribution in [0.4, 0.5) is 8.78 Å². The zero-order valence-electron chi connectivity index (χ0n) is 17.3. The van der Waals surface area contributed by atoms with Crippen molar-refractivity contribution in [1.29, 1.82) is 5.26 Å². The summed E-state index contributed by atoms with van der Waals surface area (Å²) in [5.74, 6) is -3.37. The average molecular weight is 466 g/mol. The van der Waals surface area contributed by atoms with Gasteiger partial charge in [0.05, 0.1) is 17.1 Å². The Labute approximate surface area is 190 Å². The van der Waals surface area contributed by atoms with Gasteiger partial charge in [-0.05, 0) is 35.6 Å². The molecule has 1 aliphatic rings. The van der Waals surface area contributed by atoms with Crippen LogP contribution in [-0.2, 0) is 10.2 Å². The van der Waals surface area contributed by atoms with E-state index < -0.39 is 41.0 Å². The van der Waals surface area contributed by atoms with Gasteiger partial charge in [0, 0.05) is 22.5 Å². The van der Waals surface area contributed by atoms with Gasteiger partial charge in [-0.2, -0.15) is 5.26 Å². The van der Waals surface area contributed by atoms with E-state index in [1.54, 1.807) is 0 Å². The number of rotatable bonds is 4. The van der Waals surface area contributed by atoms with E-state index in [4.69, 9.17) is 28.9 Å². The van der Waals surface area contributed by atoms with E-state index in [0.29, 0.717) is 6.42 Å². The Morgan fingerprint density at radius 1 is 1.26 bits per heavy atom. The average Bonchev–Trinajstić information content (AvgIpc) is 2.97. The monoisotopic (exact) mass is 465 g/mol. The van der Waals surface area contributed by atoms with Crippen LogP contribution in [0.2, 0.25) is 10.0 Å². The highest BCUT2D eigenvalue weighted by atomic mass is 35.5. The Kier molecular flexibility index (Phi) is 6.35. The molecule has 0 bridgehead atoms. The maximum Gasteiger partial charge on any atom is 0.235 e. The van der Waals surface area contributed by atoms with E-state index in [2.05, 4.69) is 11.4 Å². The van der Waals surface area contributed by atoms with E-state index in [9.17, 15) is 10.1 Å². The van der Waals surface area contributed by atoms with Crippen molar-refractivity contribution in [3.8, 4) is 6.07 Å². The molecule has 1 aliphatic heterocycles. The van der Waals surface area contributed by atoms with Crippen LogP contribution in [0.1, 0.15) is 44.2 Å². The zero-order valence-corrected chi connectivity index (χ0v) is 18.9. The lowest BCUT2D eigenvalue weighted by molar-refractivity contribution is -0.120. The van der Waals surface area contributed by atoms with Gasteiger partial charge in [-0.3, -0.25) is 4.79 Å². The molecule has 4 nitrogen and oxygen atoms in total. The van der Waals surface area contributed by atoms with Crippen molar-refractivity contribution in [1.82, 2.24) is 5.32 Å². The van der Waals surface area contributed by atoms with E-state index in [0.717, 1.165) is 6.07 Å². The molecule has 0 saturated carbocycles. The van der Waals surface area contributed by atoms with Gasteiger partial charge in [0.25, 0.3) is 0 Å². The van der Waals surface area contributed by atoms with Gasteiger partial charge >= 0.3 is 0 Å². The second kappa shape index (κ2) is 8.38. The Morgan fingerprint density at radius 2 is 1.94 bits per heavy atom. The molecule has 8 heteroatoms. The molecule has 0 aromatic heterocycles. The van der Waals surface area contributed by atoms with Gasteiger partial charge in [-0.15, -0.1) is 0 Å². The lowest BCUT2D eigenvalue weighted by atomic mass is 9.62. The Hall–Kier alpha value is -2.20. The largest absolute Gasteiger partial charge is 0.368 e. The number of halogens is 4. The van der Waals surface area contributed by atoms with E-state index >= 15 is 8.78 Å². The van der Waals surface area contributed by atoms with Crippen LogP contribution in [0.3, 0.4) is 0 Å². The fourth-order valence-electron chi connectivity index (χ4n) is 4.58. The number of nitrogens with one attached hydrogen (secondary N) is 1.